The number of carbonyl (C=O) groups is 2. The minimum atomic E-state index is -1.15. The number of carboxylic acids is 1. The van der Waals surface area contributed by atoms with Gasteiger partial charge < -0.3 is 15.2 Å². The van der Waals surface area contributed by atoms with Gasteiger partial charge in [0.1, 0.15) is 0 Å². The molecule has 3 N–H and O–H groups in total. The normalized spacial score (nSPS) is 9.81. The summed E-state index contributed by atoms with van der Waals surface area (Å²) in [7, 11) is 0. The molecule has 0 aromatic heterocycles. The van der Waals surface area contributed by atoms with Crippen LogP contribution in [0.2, 0.25) is 0 Å². The number of hydroxylamine groups is 1. The number of rotatable bonds is 9. The van der Waals surface area contributed by atoms with Crippen molar-refractivity contribution in [3.8, 4) is 0 Å². The lowest BCUT2D eigenvalue weighted by atomic mass is 10.4. The molecule has 0 aliphatic heterocycles. The van der Waals surface area contributed by atoms with E-state index in [0.717, 1.165) is 12.8 Å². The number of unbranched alkanes of at least 4 members (excludes halogenated alkanes) is 1. The Balaban J connectivity index is 3.20. The molecule has 0 aromatic rings. The summed E-state index contributed by atoms with van der Waals surface area (Å²) in [5, 5.41) is 10.6. The maximum atomic E-state index is 10.9. The van der Waals surface area contributed by atoms with Crippen LogP contribution in [0, 0.1) is 0 Å². The molecule has 0 rings (SSSR count). The Bertz CT molecular complexity index is 210. The van der Waals surface area contributed by atoms with Crippen molar-refractivity contribution in [3.05, 3.63) is 0 Å². The van der Waals surface area contributed by atoms with Gasteiger partial charge in [-0.15, -0.1) is 0 Å². The fourth-order valence-electron chi connectivity index (χ4n) is 0.785. The van der Waals surface area contributed by atoms with Crippen LogP contribution in [-0.2, 0) is 14.4 Å². The summed E-state index contributed by atoms with van der Waals surface area (Å²) in [4.78, 5) is 25.3. The number of amides is 2. The molecule has 0 radical (unpaired) electrons. The van der Waals surface area contributed by atoms with Gasteiger partial charge in [0, 0.05) is 13.2 Å². The Labute approximate surface area is 94.1 Å². The van der Waals surface area contributed by atoms with Crippen LogP contribution in [0.25, 0.3) is 0 Å². The minimum absolute atomic E-state index is 0.353. The molecular weight excluding hydrogens is 216 g/mol. The van der Waals surface area contributed by atoms with Gasteiger partial charge in [-0.1, -0.05) is 13.3 Å². The van der Waals surface area contributed by atoms with Crippen LogP contribution in [-0.4, -0.2) is 43.5 Å². The highest BCUT2D eigenvalue weighted by Gasteiger charge is 2.01. The Kier molecular flexibility index (Phi) is 9.33. The van der Waals surface area contributed by atoms with Crippen molar-refractivity contribution < 1.29 is 24.3 Å². The number of hydrogen-bond donors (Lipinski definition) is 3. The van der Waals surface area contributed by atoms with Gasteiger partial charge in [0.2, 0.25) is 0 Å². The third-order valence-electron chi connectivity index (χ3n) is 1.53. The van der Waals surface area contributed by atoms with Gasteiger partial charge in [-0.2, -0.15) is 0 Å². The summed E-state index contributed by atoms with van der Waals surface area (Å²) in [6.45, 7) is 2.95. The van der Waals surface area contributed by atoms with Crippen LogP contribution in [0.4, 0.5) is 4.79 Å². The molecule has 94 valence electrons. The summed E-state index contributed by atoms with van der Waals surface area (Å²) < 4.78 is 5.19. The van der Waals surface area contributed by atoms with Crippen molar-refractivity contribution in [2.45, 2.75) is 19.8 Å². The summed E-state index contributed by atoms with van der Waals surface area (Å²) in [6.07, 6.45) is 2.06. The standard InChI is InChI=1S/C9H18N2O5/c1-2-3-5-15-6-4-10-9(14)11-16-7-8(12)13/h2-7H2,1H3,(H,12,13)(H2,10,11,14). The first kappa shape index (κ1) is 14.7. The molecule has 7 nitrogen and oxygen atoms in total. The zero-order chi connectivity index (χ0) is 12.2. The molecule has 0 aliphatic carbocycles. The van der Waals surface area contributed by atoms with E-state index in [4.69, 9.17) is 9.84 Å². The second-order valence-electron chi connectivity index (χ2n) is 3.01. The summed E-state index contributed by atoms with van der Waals surface area (Å²) in [6, 6.07) is -0.583. The van der Waals surface area contributed by atoms with E-state index in [1.54, 1.807) is 0 Å². The summed E-state index contributed by atoms with van der Waals surface area (Å²) >= 11 is 0. The monoisotopic (exact) mass is 234 g/mol. The van der Waals surface area contributed by atoms with Crippen molar-refractivity contribution in [1.82, 2.24) is 10.8 Å². The third kappa shape index (κ3) is 10.7. The first-order chi connectivity index (χ1) is 7.66. The van der Waals surface area contributed by atoms with Crippen molar-refractivity contribution in [2.24, 2.45) is 0 Å². The lowest BCUT2D eigenvalue weighted by molar-refractivity contribution is -0.144. The second-order valence-corrected chi connectivity index (χ2v) is 3.01. The second kappa shape index (κ2) is 10.2. The first-order valence-electron chi connectivity index (χ1n) is 5.12. The number of carbonyl (C=O) groups excluding carboxylic acids is 1. The van der Waals surface area contributed by atoms with Gasteiger partial charge in [0.05, 0.1) is 6.61 Å². The average Bonchev–Trinajstić information content (AvgIpc) is 2.22. The van der Waals surface area contributed by atoms with E-state index in [1.165, 1.54) is 0 Å². The maximum absolute atomic E-state index is 10.9. The van der Waals surface area contributed by atoms with Gasteiger partial charge in [0.15, 0.2) is 6.61 Å². The van der Waals surface area contributed by atoms with E-state index < -0.39 is 18.6 Å². The van der Waals surface area contributed by atoms with E-state index in [-0.39, 0.29) is 0 Å². The molecule has 2 amide bonds. The fraction of sp³-hybridized carbons (Fsp3) is 0.778. The molecule has 16 heavy (non-hydrogen) atoms. The van der Waals surface area contributed by atoms with E-state index in [2.05, 4.69) is 17.1 Å². The predicted octanol–water partition coefficient (Wildman–Crippen LogP) is 0.119. The van der Waals surface area contributed by atoms with Gasteiger partial charge >= 0.3 is 12.0 Å². The molecule has 0 aromatic carbocycles. The maximum Gasteiger partial charge on any atom is 0.338 e. The van der Waals surface area contributed by atoms with Crippen LogP contribution >= 0.6 is 0 Å². The number of carboxylic acid groups (broad SMARTS) is 1. The molecule has 0 spiro atoms. The molecule has 0 aliphatic rings. The molecule has 0 heterocycles. The van der Waals surface area contributed by atoms with Crippen molar-refractivity contribution in [2.75, 3.05) is 26.4 Å². The molecule has 0 saturated heterocycles. The van der Waals surface area contributed by atoms with E-state index in [9.17, 15) is 9.59 Å². The highest BCUT2D eigenvalue weighted by atomic mass is 16.7. The topological polar surface area (TPSA) is 96.9 Å². The molecule has 0 unspecified atom stereocenters. The number of hydrogen-bond acceptors (Lipinski definition) is 4. The smallest absolute Gasteiger partial charge is 0.338 e. The third-order valence-corrected chi connectivity index (χ3v) is 1.53. The summed E-state index contributed by atoms with van der Waals surface area (Å²) in [5.41, 5.74) is 1.93. The number of urea groups is 1. The molecule has 0 saturated carbocycles. The highest BCUT2D eigenvalue weighted by Crippen LogP contribution is 1.86. The zero-order valence-corrected chi connectivity index (χ0v) is 9.32. The SMILES string of the molecule is CCCCOCCNC(=O)NOCC(=O)O. The molecule has 7 heteroatoms. The quantitative estimate of drug-likeness (QED) is 0.389. The van der Waals surface area contributed by atoms with Crippen LogP contribution in [0.15, 0.2) is 0 Å². The lowest BCUT2D eigenvalue weighted by Crippen LogP contribution is -2.38. The molecular formula is C9H18N2O5. The number of aliphatic carboxylic acids is 1. The Hall–Kier alpha value is -1.34. The average molecular weight is 234 g/mol. The van der Waals surface area contributed by atoms with E-state index in [0.29, 0.717) is 19.8 Å². The molecule has 0 fully saturated rings. The minimum Gasteiger partial charge on any atom is -0.479 e. The highest BCUT2D eigenvalue weighted by molar-refractivity contribution is 5.73. The van der Waals surface area contributed by atoms with Gasteiger partial charge in [0.25, 0.3) is 0 Å². The zero-order valence-electron chi connectivity index (χ0n) is 9.32. The number of nitrogens with one attached hydrogen (secondary N) is 2. The van der Waals surface area contributed by atoms with E-state index >= 15 is 0 Å². The van der Waals surface area contributed by atoms with Crippen LogP contribution in [0.3, 0.4) is 0 Å². The lowest BCUT2D eigenvalue weighted by Gasteiger charge is -2.06. The van der Waals surface area contributed by atoms with Crippen molar-refractivity contribution in [1.29, 1.82) is 0 Å². The van der Waals surface area contributed by atoms with Crippen LogP contribution in [0.1, 0.15) is 19.8 Å². The van der Waals surface area contributed by atoms with Gasteiger partial charge in [-0.3, -0.25) is 4.84 Å². The Morgan fingerprint density at radius 3 is 2.69 bits per heavy atom. The van der Waals surface area contributed by atoms with E-state index in [1.807, 2.05) is 5.48 Å². The first-order valence-corrected chi connectivity index (χ1v) is 5.12. The predicted molar refractivity (Wildman–Crippen MR) is 55.8 cm³/mol. The van der Waals surface area contributed by atoms with Gasteiger partial charge in [-0.05, 0) is 6.42 Å². The Morgan fingerprint density at radius 1 is 1.31 bits per heavy atom. The molecule has 0 atom stereocenters. The van der Waals surface area contributed by atoms with Crippen molar-refractivity contribution in [3.63, 3.8) is 0 Å². The van der Waals surface area contributed by atoms with Crippen LogP contribution < -0.4 is 10.8 Å². The Morgan fingerprint density at radius 2 is 2.06 bits per heavy atom. The van der Waals surface area contributed by atoms with Crippen molar-refractivity contribution >= 4 is 12.0 Å². The molecule has 0 bridgehead atoms. The number of ether oxygens (including phenoxy) is 1. The summed E-state index contributed by atoms with van der Waals surface area (Å²) in [5.74, 6) is -1.15. The largest absolute Gasteiger partial charge is 0.479 e. The fourth-order valence-corrected chi connectivity index (χ4v) is 0.785. The van der Waals surface area contributed by atoms with Crippen LogP contribution in [0.5, 0.6) is 0 Å². The van der Waals surface area contributed by atoms with Gasteiger partial charge in [-0.25, -0.2) is 15.1 Å².